The van der Waals surface area contributed by atoms with Crippen molar-refractivity contribution in [3.05, 3.63) is 28.1 Å². The first-order valence-electron chi connectivity index (χ1n) is 6.61. The molecule has 4 nitrogen and oxygen atoms in total. The zero-order valence-electron chi connectivity index (χ0n) is 12.7. The van der Waals surface area contributed by atoms with Crippen molar-refractivity contribution in [3.63, 3.8) is 0 Å². The predicted molar refractivity (Wildman–Crippen MR) is 97.3 cm³/mol. The number of fused-ring (bicyclic) bond motifs is 1. The number of halogens is 1. The molecule has 0 spiro atoms. The van der Waals surface area contributed by atoms with E-state index in [-0.39, 0.29) is 5.54 Å². The second-order valence-electron chi connectivity index (χ2n) is 5.78. The van der Waals surface area contributed by atoms with Gasteiger partial charge in [-0.3, -0.25) is 0 Å². The van der Waals surface area contributed by atoms with Crippen LogP contribution in [0, 0.1) is 0 Å². The molecule has 2 aromatic rings. The van der Waals surface area contributed by atoms with Gasteiger partial charge in [-0.25, -0.2) is 4.79 Å². The van der Waals surface area contributed by atoms with Gasteiger partial charge in [-0.15, -0.1) is 11.3 Å². The van der Waals surface area contributed by atoms with Crippen molar-refractivity contribution in [1.29, 1.82) is 0 Å². The second-order valence-corrected chi connectivity index (χ2v) is 7.62. The molecular formula is C15H17ClN2O2S2. The van der Waals surface area contributed by atoms with Crippen LogP contribution in [0.5, 0.6) is 0 Å². The molecule has 0 amide bonds. The van der Waals surface area contributed by atoms with Crippen LogP contribution in [0.25, 0.3) is 10.1 Å². The Balaban J connectivity index is 2.27. The van der Waals surface area contributed by atoms with Gasteiger partial charge < -0.3 is 15.4 Å². The molecule has 0 unspecified atom stereocenters. The lowest BCUT2D eigenvalue weighted by atomic mass is 10.1. The molecule has 1 aromatic heterocycles. The van der Waals surface area contributed by atoms with E-state index in [1.807, 2.05) is 39.0 Å². The number of thiocarbonyl (C=S) groups is 1. The number of carbonyl (C=O) groups is 1. The van der Waals surface area contributed by atoms with Crippen molar-refractivity contribution in [2.45, 2.75) is 26.3 Å². The highest BCUT2D eigenvalue weighted by molar-refractivity contribution is 7.80. The van der Waals surface area contributed by atoms with Gasteiger partial charge in [-0.2, -0.15) is 0 Å². The van der Waals surface area contributed by atoms with Gasteiger partial charge in [0.1, 0.15) is 4.88 Å². The second kappa shape index (κ2) is 6.40. The number of nitrogens with one attached hydrogen (secondary N) is 2. The lowest BCUT2D eigenvalue weighted by Gasteiger charge is -2.23. The molecule has 0 atom stereocenters. The van der Waals surface area contributed by atoms with E-state index in [0.717, 1.165) is 15.8 Å². The summed E-state index contributed by atoms with van der Waals surface area (Å²) in [6, 6.07) is 5.65. The average Bonchev–Trinajstić information content (AvgIpc) is 2.72. The molecule has 0 fully saturated rings. The van der Waals surface area contributed by atoms with E-state index in [4.69, 9.17) is 28.6 Å². The molecule has 1 heterocycles. The maximum atomic E-state index is 11.7. The van der Waals surface area contributed by atoms with Crippen molar-refractivity contribution in [2.75, 3.05) is 12.4 Å². The fourth-order valence-electron chi connectivity index (χ4n) is 1.87. The lowest BCUT2D eigenvalue weighted by Crippen LogP contribution is -2.42. The number of carbonyl (C=O) groups excluding carboxylic acids is 1. The molecular weight excluding hydrogens is 340 g/mol. The number of anilines is 1. The molecule has 0 radical (unpaired) electrons. The Morgan fingerprint density at radius 3 is 2.64 bits per heavy atom. The first-order valence-corrected chi connectivity index (χ1v) is 8.21. The van der Waals surface area contributed by atoms with Crippen LogP contribution in [0.2, 0.25) is 5.02 Å². The van der Waals surface area contributed by atoms with E-state index < -0.39 is 5.97 Å². The zero-order chi connectivity index (χ0) is 16.5. The summed E-state index contributed by atoms with van der Waals surface area (Å²) in [5.41, 5.74) is 0.724. The van der Waals surface area contributed by atoms with Gasteiger partial charge in [0.15, 0.2) is 5.11 Å². The van der Waals surface area contributed by atoms with Crippen LogP contribution in [0.1, 0.15) is 30.4 Å². The molecule has 0 bridgehead atoms. The predicted octanol–water partition coefficient (Wildman–Crippen LogP) is 4.43. The SMILES string of the molecule is COC(=O)c1sc2cc(NC(=S)NC(C)(C)C)ccc2c1Cl. The van der Waals surface area contributed by atoms with Crippen molar-refractivity contribution in [1.82, 2.24) is 5.32 Å². The van der Waals surface area contributed by atoms with Crippen LogP contribution in [0.4, 0.5) is 5.69 Å². The first kappa shape index (κ1) is 17.0. The lowest BCUT2D eigenvalue weighted by molar-refractivity contribution is 0.0606. The van der Waals surface area contributed by atoms with Gasteiger partial charge in [0.2, 0.25) is 0 Å². The van der Waals surface area contributed by atoms with Crippen LogP contribution in [-0.2, 0) is 4.74 Å². The van der Waals surface area contributed by atoms with Gasteiger partial charge in [-0.1, -0.05) is 11.6 Å². The molecule has 0 saturated heterocycles. The normalized spacial score (nSPS) is 11.3. The van der Waals surface area contributed by atoms with Gasteiger partial charge in [0.05, 0.1) is 12.1 Å². The van der Waals surface area contributed by atoms with E-state index in [1.54, 1.807) is 0 Å². The molecule has 0 aliphatic heterocycles. The van der Waals surface area contributed by atoms with E-state index >= 15 is 0 Å². The average molecular weight is 357 g/mol. The topological polar surface area (TPSA) is 50.4 Å². The Labute approximate surface area is 143 Å². The third-order valence-corrected chi connectivity index (χ3v) is 4.59. The number of rotatable bonds is 2. The Morgan fingerprint density at radius 2 is 2.05 bits per heavy atom. The molecule has 22 heavy (non-hydrogen) atoms. The van der Waals surface area contributed by atoms with Crippen LogP contribution in [0.3, 0.4) is 0 Å². The molecule has 2 rings (SSSR count). The Morgan fingerprint density at radius 1 is 1.36 bits per heavy atom. The minimum absolute atomic E-state index is 0.113. The van der Waals surface area contributed by atoms with Crippen LogP contribution < -0.4 is 10.6 Å². The van der Waals surface area contributed by atoms with Crippen molar-refractivity contribution in [3.8, 4) is 0 Å². The molecule has 2 N–H and O–H groups in total. The fraction of sp³-hybridized carbons (Fsp3) is 0.333. The van der Waals surface area contributed by atoms with Gasteiger partial charge in [0, 0.05) is 21.3 Å². The third kappa shape index (κ3) is 3.88. The number of methoxy groups -OCH3 is 1. The number of hydrogen-bond acceptors (Lipinski definition) is 4. The highest BCUT2D eigenvalue weighted by Crippen LogP contribution is 2.37. The minimum Gasteiger partial charge on any atom is -0.465 e. The summed E-state index contributed by atoms with van der Waals surface area (Å²) in [6.45, 7) is 6.10. The van der Waals surface area contributed by atoms with E-state index in [2.05, 4.69) is 10.6 Å². The standard InChI is InChI=1S/C15H17ClN2O2S2/c1-15(2,3)18-14(21)17-8-5-6-9-10(7-8)22-12(11(9)16)13(19)20-4/h5-7H,1-4H3,(H2,17,18,21). The molecule has 0 aliphatic carbocycles. The fourth-order valence-corrected chi connectivity index (χ4v) is 3.76. The summed E-state index contributed by atoms with van der Waals surface area (Å²) in [7, 11) is 1.34. The molecule has 118 valence electrons. The van der Waals surface area contributed by atoms with E-state index in [1.165, 1.54) is 18.4 Å². The van der Waals surface area contributed by atoms with Gasteiger partial charge in [-0.05, 0) is 51.2 Å². The number of hydrogen-bond donors (Lipinski definition) is 2. The maximum Gasteiger partial charge on any atom is 0.349 e. The maximum absolute atomic E-state index is 11.7. The number of ether oxygens (including phenoxy) is 1. The Kier molecular flexibility index (Phi) is 4.94. The Hall–Kier alpha value is -1.37. The van der Waals surface area contributed by atoms with Crippen molar-refractivity contribution >= 4 is 62.0 Å². The quantitative estimate of drug-likeness (QED) is 0.616. The van der Waals surface area contributed by atoms with Gasteiger partial charge >= 0.3 is 5.97 Å². The van der Waals surface area contributed by atoms with Crippen LogP contribution >= 0.6 is 35.2 Å². The molecule has 1 aromatic carbocycles. The van der Waals surface area contributed by atoms with Gasteiger partial charge in [0.25, 0.3) is 0 Å². The summed E-state index contributed by atoms with van der Waals surface area (Å²) in [4.78, 5) is 12.1. The largest absolute Gasteiger partial charge is 0.465 e. The number of esters is 1. The summed E-state index contributed by atoms with van der Waals surface area (Å²) in [5.74, 6) is -0.425. The third-order valence-electron chi connectivity index (χ3n) is 2.75. The van der Waals surface area contributed by atoms with Crippen LogP contribution in [-0.4, -0.2) is 23.7 Å². The first-order chi connectivity index (χ1) is 10.2. The monoisotopic (exact) mass is 356 g/mol. The summed E-state index contributed by atoms with van der Waals surface area (Å²) in [5, 5.41) is 8.11. The van der Waals surface area contributed by atoms with E-state index in [0.29, 0.717) is 15.0 Å². The smallest absolute Gasteiger partial charge is 0.349 e. The Bertz CT molecular complexity index is 735. The number of benzene rings is 1. The van der Waals surface area contributed by atoms with Crippen LogP contribution in [0.15, 0.2) is 18.2 Å². The van der Waals surface area contributed by atoms with Crippen molar-refractivity contribution in [2.24, 2.45) is 0 Å². The zero-order valence-corrected chi connectivity index (χ0v) is 15.1. The van der Waals surface area contributed by atoms with Crippen molar-refractivity contribution < 1.29 is 9.53 Å². The highest BCUT2D eigenvalue weighted by Gasteiger charge is 2.18. The minimum atomic E-state index is -0.425. The highest BCUT2D eigenvalue weighted by atomic mass is 35.5. The molecule has 0 aliphatic rings. The molecule has 0 saturated carbocycles. The number of thiophene rings is 1. The van der Waals surface area contributed by atoms with E-state index in [9.17, 15) is 4.79 Å². The summed E-state index contributed by atoms with van der Waals surface area (Å²) >= 11 is 12.8. The molecule has 7 heteroatoms. The summed E-state index contributed by atoms with van der Waals surface area (Å²) in [6.07, 6.45) is 0. The summed E-state index contributed by atoms with van der Waals surface area (Å²) < 4.78 is 5.63.